The van der Waals surface area contributed by atoms with Crippen LogP contribution in [-0.4, -0.2) is 59.8 Å². The smallest absolute Gasteiger partial charge is 0.274 e. The third-order valence-corrected chi connectivity index (χ3v) is 5.41. The normalized spacial score (nSPS) is 24.8. The van der Waals surface area contributed by atoms with Crippen LogP contribution >= 0.6 is 0 Å². The molecule has 1 aliphatic heterocycles. The van der Waals surface area contributed by atoms with Crippen LogP contribution in [0.5, 0.6) is 0 Å². The Morgan fingerprint density at radius 2 is 2.20 bits per heavy atom. The summed E-state index contributed by atoms with van der Waals surface area (Å²) in [6, 6.07) is 1.90. The van der Waals surface area contributed by atoms with Crippen molar-refractivity contribution < 1.29 is 9.90 Å². The van der Waals surface area contributed by atoms with Gasteiger partial charge in [0.2, 0.25) is 0 Å². The van der Waals surface area contributed by atoms with Crippen LogP contribution in [0.15, 0.2) is 18.5 Å². The van der Waals surface area contributed by atoms with E-state index < -0.39 is 5.60 Å². The van der Waals surface area contributed by atoms with Gasteiger partial charge in [-0.1, -0.05) is 24.5 Å². The highest BCUT2D eigenvalue weighted by Crippen LogP contribution is 2.32. The van der Waals surface area contributed by atoms with Gasteiger partial charge in [-0.3, -0.25) is 9.89 Å². The van der Waals surface area contributed by atoms with Crippen LogP contribution in [0.4, 0.5) is 0 Å². The Kier molecular flexibility index (Phi) is 4.29. The molecule has 8 heteroatoms. The Hall–Kier alpha value is -2.22. The summed E-state index contributed by atoms with van der Waals surface area (Å²) in [5.41, 5.74) is 0.553. The van der Waals surface area contributed by atoms with Crippen LogP contribution in [-0.2, 0) is 6.54 Å². The zero-order valence-electron chi connectivity index (χ0n) is 14.3. The molecule has 4 rings (SSSR count). The van der Waals surface area contributed by atoms with Gasteiger partial charge in [0.25, 0.3) is 5.91 Å². The maximum absolute atomic E-state index is 12.7. The fourth-order valence-corrected chi connectivity index (χ4v) is 4.01. The van der Waals surface area contributed by atoms with Crippen molar-refractivity contribution >= 4 is 5.91 Å². The first-order chi connectivity index (χ1) is 12.1. The van der Waals surface area contributed by atoms with E-state index in [1.54, 1.807) is 22.0 Å². The van der Waals surface area contributed by atoms with Crippen LogP contribution in [0, 0.1) is 0 Å². The van der Waals surface area contributed by atoms with Crippen molar-refractivity contribution in [3.05, 3.63) is 29.8 Å². The summed E-state index contributed by atoms with van der Waals surface area (Å²) in [4.78, 5) is 14.4. The van der Waals surface area contributed by atoms with E-state index >= 15 is 0 Å². The molecule has 0 spiro atoms. The summed E-state index contributed by atoms with van der Waals surface area (Å²) in [5.74, 6) is 0.374. The third kappa shape index (κ3) is 3.44. The Labute approximate surface area is 146 Å². The highest BCUT2D eigenvalue weighted by atomic mass is 16.3. The standard InChI is InChI=1S/C17H24N6O2/c24-16(15-10-14(19-20-15)13-4-2-1-3-5-13)22-8-6-17(25,11-22)12-23-9-7-18-21-23/h7,9-10,13,25H,1-6,8,11-12H2,(H,19,20). The van der Waals surface area contributed by atoms with Gasteiger partial charge in [0.1, 0.15) is 11.3 Å². The van der Waals surface area contributed by atoms with Gasteiger partial charge < -0.3 is 10.0 Å². The van der Waals surface area contributed by atoms with Gasteiger partial charge in [-0.05, 0) is 25.3 Å². The minimum atomic E-state index is -0.966. The molecule has 1 aliphatic carbocycles. The van der Waals surface area contributed by atoms with Gasteiger partial charge in [-0.25, -0.2) is 4.68 Å². The molecule has 2 fully saturated rings. The molecule has 8 nitrogen and oxygen atoms in total. The van der Waals surface area contributed by atoms with E-state index in [1.165, 1.54) is 19.3 Å². The van der Waals surface area contributed by atoms with Gasteiger partial charge in [-0.2, -0.15) is 5.10 Å². The highest BCUT2D eigenvalue weighted by molar-refractivity contribution is 5.92. The molecule has 0 radical (unpaired) electrons. The van der Waals surface area contributed by atoms with Crippen LogP contribution < -0.4 is 0 Å². The van der Waals surface area contributed by atoms with Crippen molar-refractivity contribution in [2.45, 2.75) is 56.6 Å². The number of hydrogen-bond acceptors (Lipinski definition) is 5. The summed E-state index contributed by atoms with van der Waals surface area (Å²) in [7, 11) is 0. The van der Waals surface area contributed by atoms with E-state index in [4.69, 9.17) is 0 Å². The SMILES string of the molecule is O=C(c1cc(C2CCCCC2)[nH]n1)N1CCC(O)(Cn2ccnn2)C1. The van der Waals surface area contributed by atoms with E-state index in [0.29, 0.717) is 31.1 Å². The predicted octanol–water partition coefficient (Wildman–Crippen LogP) is 1.33. The van der Waals surface area contributed by atoms with Crippen LogP contribution in [0.25, 0.3) is 0 Å². The van der Waals surface area contributed by atoms with Crippen molar-refractivity contribution in [1.82, 2.24) is 30.1 Å². The molecule has 2 aromatic rings. The number of nitrogens with zero attached hydrogens (tertiary/aromatic N) is 5. The number of hydrogen-bond donors (Lipinski definition) is 2. The fraction of sp³-hybridized carbons (Fsp3) is 0.647. The van der Waals surface area contributed by atoms with Crippen molar-refractivity contribution in [3.8, 4) is 0 Å². The average Bonchev–Trinajstić information content (AvgIpc) is 3.36. The van der Waals surface area contributed by atoms with Crippen molar-refractivity contribution in [2.75, 3.05) is 13.1 Å². The maximum atomic E-state index is 12.7. The van der Waals surface area contributed by atoms with Crippen LogP contribution in [0.3, 0.4) is 0 Å². The first-order valence-corrected chi connectivity index (χ1v) is 9.04. The number of amides is 1. The largest absolute Gasteiger partial charge is 0.386 e. The number of aromatic amines is 1. The Balaban J connectivity index is 1.40. The zero-order valence-corrected chi connectivity index (χ0v) is 14.3. The molecule has 2 aromatic heterocycles. The molecule has 1 unspecified atom stereocenters. The molecular formula is C17H24N6O2. The molecule has 2 aliphatic rings. The fourth-order valence-electron chi connectivity index (χ4n) is 4.01. The predicted molar refractivity (Wildman–Crippen MR) is 89.9 cm³/mol. The lowest BCUT2D eigenvalue weighted by Crippen LogP contribution is -2.39. The second-order valence-electron chi connectivity index (χ2n) is 7.35. The highest BCUT2D eigenvalue weighted by Gasteiger charge is 2.39. The summed E-state index contributed by atoms with van der Waals surface area (Å²) >= 11 is 0. The van der Waals surface area contributed by atoms with Crippen molar-refractivity contribution in [3.63, 3.8) is 0 Å². The van der Waals surface area contributed by atoms with Gasteiger partial charge in [0, 0.05) is 24.4 Å². The lowest BCUT2D eigenvalue weighted by atomic mass is 9.87. The number of rotatable bonds is 4. The number of aliphatic hydroxyl groups is 1. The first kappa shape index (κ1) is 16.3. The summed E-state index contributed by atoms with van der Waals surface area (Å²) in [6.07, 6.45) is 9.94. The minimum absolute atomic E-state index is 0.118. The second-order valence-corrected chi connectivity index (χ2v) is 7.35. The molecule has 0 aromatic carbocycles. The molecule has 1 saturated carbocycles. The number of nitrogens with one attached hydrogen (secondary N) is 1. The topological polar surface area (TPSA) is 99.9 Å². The number of β-amino-alcohol motifs (C(OH)–C–C–N with tert-alkyl or cyclic N) is 1. The van der Waals surface area contributed by atoms with Gasteiger partial charge in [-0.15, -0.1) is 5.10 Å². The van der Waals surface area contributed by atoms with E-state index in [1.807, 2.05) is 6.07 Å². The van der Waals surface area contributed by atoms with Gasteiger partial charge in [0.15, 0.2) is 0 Å². The van der Waals surface area contributed by atoms with E-state index in [2.05, 4.69) is 20.5 Å². The molecule has 2 N–H and O–H groups in total. The monoisotopic (exact) mass is 344 g/mol. The summed E-state index contributed by atoms with van der Waals surface area (Å²) in [6.45, 7) is 1.15. The Bertz CT molecular complexity index is 721. The lowest BCUT2D eigenvalue weighted by Gasteiger charge is -2.22. The average molecular weight is 344 g/mol. The molecular weight excluding hydrogens is 320 g/mol. The number of aromatic nitrogens is 5. The maximum Gasteiger partial charge on any atom is 0.274 e. The lowest BCUT2D eigenvalue weighted by molar-refractivity contribution is 0.0265. The van der Waals surface area contributed by atoms with E-state index in [9.17, 15) is 9.90 Å². The number of H-pyrrole nitrogens is 1. The first-order valence-electron chi connectivity index (χ1n) is 9.04. The Morgan fingerprint density at radius 1 is 1.36 bits per heavy atom. The molecule has 1 amide bonds. The van der Waals surface area contributed by atoms with E-state index in [-0.39, 0.29) is 12.5 Å². The third-order valence-electron chi connectivity index (χ3n) is 5.41. The van der Waals surface area contributed by atoms with Gasteiger partial charge in [0.05, 0.1) is 19.3 Å². The van der Waals surface area contributed by atoms with Crippen LogP contribution in [0.1, 0.15) is 60.6 Å². The summed E-state index contributed by atoms with van der Waals surface area (Å²) in [5, 5.41) is 25.7. The minimum Gasteiger partial charge on any atom is -0.386 e. The molecule has 3 heterocycles. The zero-order chi connectivity index (χ0) is 17.3. The summed E-state index contributed by atoms with van der Waals surface area (Å²) < 4.78 is 1.60. The Morgan fingerprint density at radius 3 is 2.96 bits per heavy atom. The van der Waals surface area contributed by atoms with Crippen LogP contribution in [0.2, 0.25) is 0 Å². The molecule has 1 saturated heterocycles. The van der Waals surface area contributed by atoms with Crippen molar-refractivity contribution in [1.29, 1.82) is 0 Å². The quantitative estimate of drug-likeness (QED) is 0.871. The molecule has 25 heavy (non-hydrogen) atoms. The molecule has 1 atom stereocenters. The number of carbonyl (C=O) groups is 1. The van der Waals surface area contributed by atoms with Gasteiger partial charge >= 0.3 is 0 Å². The van der Waals surface area contributed by atoms with Crippen molar-refractivity contribution in [2.24, 2.45) is 0 Å². The number of likely N-dealkylation sites (tertiary alicyclic amines) is 1. The molecule has 0 bridgehead atoms. The molecule has 134 valence electrons. The van der Waals surface area contributed by atoms with E-state index in [0.717, 1.165) is 18.5 Å². The number of carbonyl (C=O) groups excluding carboxylic acids is 1. The second kappa shape index (κ2) is 6.59.